The molecule has 2 aromatic carbocycles. The maximum atomic E-state index is 14.0. The molecule has 0 unspecified atom stereocenters. The van der Waals surface area contributed by atoms with Gasteiger partial charge in [-0.3, -0.25) is 4.79 Å². The van der Waals surface area contributed by atoms with E-state index in [9.17, 15) is 35.9 Å². The molecule has 1 amide bonds. The van der Waals surface area contributed by atoms with Crippen molar-refractivity contribution in [3.05, 3.63) is 83.2 Å². The smallest absolute Gasteiger partial charge is 0.416 e. The van der Waals surface area contributed by atoms with E-state index in [4.69, 9.17) is 9.47 Å². The third kappa shape index (κ3) is 10.8. The molecule has 2 fully saturated rings. The van der Waals surface area contributed by atoms with Crippen LogP contribution in [-0.4, -0.2) is 70.4 Å². The Morgan fingerprint density at radius 1 is 0.836 bits per heavy atom. The fourth-order valence-corrected chi connectivity index (χ4v) is 7.48. The van der Waals surface area contributed by atoms with Crippen molar-refractivity contribution in [1.29, 1.82) is 0 Å². The van der Waals surface area contributed by atoms with Gasteiger partial charge in [0.15, 0.2) is 0 Å². The van der Waals surface area contributed by atoms with Crippen LogP contribution in [0.15, 0.2) is 60.9 Å². The maximum absolute atomic E-state index is 14.0. The number of amides is 1. The number of nitrogens with zero attached hydrogens (tertiary/aromatic N) is 5. The molecule has 300 valence electrons. The van der Waals surface area contributed by atoms with Crippen molar-refractivity contribution in [2.24, 2.45) is 5.92 Å². The molecule has 2 saturated heterocycles. The number of hydrogen-bond donors (Lipinski definition) is 0. The van der Waals surface area contributed by atoms with Crippen LogP contribution < -0.4 is 9.80 Å². The van der Waals surface area contributed by atoms with Crippen molar-refractivity contribution in [2.75, 3.05) is 29.5 Å². The predicted molar refractivity (Wildman–Crippen MR) is 195 cm³/mol. The molecule has 3 atom stereocenters. The van der Waals surface area contributed by atoms with E-state index < -0.39 is 47.3 Å². The fraction of sp³-hybridized carbons (Fsp3) is 0.550. The van der Waals surface area contributed by atoms with E-state index in [2.05, 4.69) is 9.97 Å². The summed E-state index contributed by atoms with van der Waals surface area (Å²) in [5.74, 6) is -0.329. The van der Waals surface area contributed by atoms with Gasteiger partial charge in [0.2, 0.25) is 5.95 Å². The molecule has 9 nitrogen and oxygen atoms in total. The summed E-state index contributed by atoms with van der Waals surface area (Å²) >= 11 is 0. The lowest BCUT2D eigenvalue weighted by atomic mass is 9.86. The number of halogens is 6. The van der Waals surface area contributed by atoms with Crippen LogP contribution in [0.1, 0.15) is 89.0 Å². The molecule has 3 heterocycles. The van der Waals surface area contributed by atoms with E-state index in [1.807, 2.05) is 42.2 Å². The largest absolute Gasteiger partial charge is 0.466 e. The van der Waals surface area contributed by atoms with E-state index in [1.165, 1.54) is 0 Å². The van der Waals surface area contributed by atoms with Crippen LogP contribution in [0.2, 0.25) is 0 Å². The lowest BCUT2D eigenvalue weighted by molar-refractivity contribution is -0.148. The number of hydrogen-bond acceptors (Lipinski definition) is 8. The maximum Gasteiger partial charge on any atom is 0.416 e. The van der Waals surface area contributed by atoms with Gasteiger partial charge in [0.1, 0.15) is 5.60 Å². The predicted octanol–water partition coefficient (Wildman–Crippen LogP) is 9.09. The molecule has 55 heavy (non-hydrogen) atoms. The van der Waals surface area contributed by atoms with Crippen molar-refractivity contribution in [1.82, 2.24) is 14.9 Å². The summed E-state index contributed by atoms with van der Waals surface area (Å²) in [5.41, 5.74) is -2.20. The lowest BCUT2D eigenvalue weighted by Crippen LogP contribution is -2.58. The highest BCUT2D eigenvalue weighted by Crippen LogP contribution is 2.39. The first-order valence-corrected chi connectivity index (χ1v) is 18.7. The second-order valence-electron chi connectivity index (χ2n) is 15.2. The minimum atomic E-state index is -5.02. The molecule has 0 spiro atoms. The quantitative estimate of drug-likeness (QED) is 0.149. The first-order chi connectivity index (χ1) is 25.9. The van der Waals surface area contributed by atoms with Crippen molar-refractivity contribution >= 4 is 23.7 Å². The number of carbonyl (C=O) groups excluding carboxylic acids is 2. The Hall–Kier alpha value is -4.56. The number of likely N-dealkylation sites (tertiary alicyclic amines) is 1. The Kier molecular flexibility index (Phi) is 12.9. The molecular formula is C40H49F6N5O4. The molecule has 0 bridgehead atoms. The summed E-state index contributed by atoms with van der Waals surface area (Å²) in [4.78, 5) is 40.8. The molecule has 3 aromatic rings. The molecule has 0 aliphatic carbocycles. The van der Waals surface area contributed by atoms with E-state index in [1.54, 1.807) is 49.9 Å². The van der Waals surface area contributed by atoms with Gasteiger partial charge in [-0.05, 0) is 95.5 Å². The third-order valence-corrected chi connectivity index (χ3v) is 10.1. The van der Waals surface area contributed by atoms with E-state index in [-0.39, 0.29) is 42.1 Å². The Balaban J connectivity index is 1.53. The zero-order valence-corrected chi connectivity index (χ0v) is 31.8. The number of rotatable bonds is 10. The molecule has 15 heteroatoms. The zero-order chi connectivity index (χ0) is 40.1. The molecule has 2 aliphatic rings. The second-order valence-corrected chi connectivity index (χ2v) is 15.2. The van der Waals surface area contributed by atoms with Crippen molar-refractivity contribution in [2.45, 2.75) is 116 Å². The minimum absolute atomic E-state index is 0.118. The molecular weight excluding hydrogens is 728 g/mol. The van der Waals surface area contributed by atoms with Crippen LogP contribution in [0, 0.1) is 5.92 Å². The van der Waals surface area contributed by atoms with Gasteiger partial charge in [0.25, 0.3) is 0 Å². The average Bonchev–Trinajstić information content (AvgIpc) is 3.12. The average molecular weight is 778 g/mol. The summed E-state index contributed by atoms with van der Waals surface area (Å²) in [7, 11) is 0. The van der Waals surface area contributed by atoms with Crippen LogP contribution in [0.25, 0.3) is 0 Å². The summed E-state index contributed by atoms with van der Waals surface area (Å²) < 4.78 is 94.9. The Labute approximate surface area is 318 Å². The minimum Gasteiger partial charge on any atom is -0.466 e. The summed E-state index contributed by atoms with van der Waals surface area (Å²) in [6, 6.07) is 9.81. The number of piperidine rings is 2. The summed E-state index contributed by atoms with van der Waals surface area (Å²) in [5, 5.41) is 0. The van der Waals surface area contributed by atoms with E-state index >= 15 is 0 Å². The normalized spacial score (nSPS) is 19.9. The monoisotopic (exact) mass is 777 g/mol. The lowest BCUT2D eigenvalue weighted by Gasteiger charge is -2.48. The highest BCUT2D eigenvalue weighted by Gasteiger charge is 2.43. The number of aromatic nitrogens is 2. The van der Waals surface area contributed by atoms with Crippen LogP contribution in [0.3, 0.4) is 0 Å². The first-order valence-electron chi connectivity index (χ1n) is 18.7. The van der Waals surface area contributed by atoms with Crippen LogP contribution in [-0.2, 0) is 39.6 Å². The van der Waals surface area contributed by atoms with Crippen LogP contribution >= 0.6 is 0 Å². The van der Waals surface area contributed by atoms with Gasteiger partial charge < -0.3 is 24.2 Å². The Bertz CT molecular complexity index is 1710. The first kappa shape index (κ1) is 41.6. The number of esters is 1. The molecule has 2 aliphatic heterocycles. The highest BCUT2D eigenvalue weighted by molar-refractivity contribution is 5.73. The number of ether oxygens (including phenoxy) is 2. The van der Waals surface area contributed by atoms with Crippen molar-refractivity contribution in [3.8, 4) is 0 Å². The highest BCUT2D eigenvalue weighted by atomic mass is 19.4. The molecule has 0 N–H and O–H groups in total. The summed E-state index contributed by atoms with van der Waals surface area (Å²) in [6.45, 7) is 10.0. The second kappa shape index (κ2) is 17.1. The Morgan fingerprint density at radius 2 is 1.42 bits per heavy atom. The molecule has 0 radical (unpaired) electrons. The van der Waals surface area contributed by atoms with Gasteiger partial charge in [-0.25, -0.2) is 14.8 Å². The molecule has 1 aromatic heterocycles. The van der Waals surface area contributed by atoms with Gasteiger partial charge >= 0.3 is 24.4 Å². The topological polar surface area (TPSA) is 88.1 Å². The van der Waals surface area contributed by atoms with Crippen LogP contribution in [0.5, 0.6) is 0 Å². The SMILES string of the molecule is CCOC(=O)C1CCN(c2cnc(N(Cc3cc(C(F)(F)F)cc(C(F)(F)F)c3)[C@H]3C[C@@H](CC)N(C(=O)OC(C)(C)C)[C@@H](Cc4ccccc4)C3)nc2)CC1. The van der Waals surface area contributed by atoms with E-state index in [0.29, 0.717) is 63.9 Å². The third-order valence-electron chi connectivity index (χ3n) is 10.1. The standard InChI is InChI=1S/C40H49F6N5O4/c1-6-31-21-32(22-33(19-26-11-9-8-10-12-26)51(31)37(53)55-38(3,4)5)50(25-27-17-29(39(41,42)43)20-30(18-27)40(44,45)46)36-47-23-34(24-48-36)49-15-13-28(14-16-49)35(52)54-7-2/h8-12,17-18,20,23-24,28,31-33H,6-7,13-16,19,21-22,25H2,1-5H3/t31-,32+,33+/m1/s1. The number of alkyl halides is 6. The van der Waals surface area contributed by atoms with Gasteiger partial charge in [-0.15, -0.1) is 0 Å². The Morgan fingerprint density at radius 3 is 1.95 bits per heavy atom. The zero-order valence-electron chi connectivity index (χ0n) is 31.8. The number of anilines is 2. The van der Waals surface area contributed by atoms with Gasteiger partial charge in [-0.2, -0.15) is 26.3 Å². The van der Waals surface area contributed by atoms with Crippen LogP contribution in [0.4, 0.5) is 42.8 Å². The van der Waals surface area contributed by atoms with Gasteiger partial charge in [-0.1, -0.05) is 37.3 Å². The number of benzene rings is 2. The summed E-state index contributed by atoms with van der Waals surface area (Å²) in [6.07, 6.45) is -4.64. The van der Waals surface area contributed by atoms with Crippen molar-refractivity contribution < 1.29 is 45.4 Å². The van der Waals surface area contributed by atoms with Gasteiger partial charge in [0.05, 0.1) is 41.7 Å². The van der Waals surface area contributed by atoms with Crippen molar-refractivity contribution in [3.63, 3.8) is 0 Å². The van der Waals surface area contributed by atoms with Gasteiger partial charge in [0, 0.05) is 37.8 Å². The fourth-order valence-electron chi connectivity index (χ4n) is 7.48. The number of carbonyl (C=O) groups is 2. The molecule has 5 rings (SSSR count). The van der Waals surface area contributed by atoms with E-state index in [0.717, 1.165) is 17.7 Å². The molecule has 0 saturated carbocycles.